The van der Waals surface area contributed by atoms with Gasteiger partial charge in [0.2, 0.25) is 0 Å². The van der Waals surface area contributed by atoms with Crippen LogP contribution in [-0.4, -0.2) is 23.7 Å². The highest BCUT2D eigenvalue weighted by Gasteiger charge is 2.18. The molecule has 3 N–H and O–H groups in total. The third-order valence-electron chi connectivity index (χ3n) is 2.68. The summed E-state index contributed by atoms with van der Waals surface area (Å²) in [6.07, 6.45) is 0. The smallest absolute Gasteiger partial charge is 0.106 e. The van der Waals surface area contributed by atoms with Crippen molar-refractivity contribution in [3.8, 4) is 0 Å². The minimum atomic E-state index is -0.216. The SMILES string of the molecule is CCOC(C)(C)CNc1cc(C)ccc1C(N)=S. The molecule has 0 aliphatic heterocycles. The molecule has 1 aromatic rings. The van der Waals surface area contributed by atoms with Crippen LogP contribution in [0.1, 0.15) is 31.9 Å². The first-order chi connectivity index (χ1) is 8.35. The van der Waals surface area contributed by atoms with Crippen LogP contribution in [0.4, 0.5) is 5.69 Å². The Morgan fingerprint density at radius 1 is 1.44 bits per heavy atom. The summed E-state index contributed by atoms with van der Waals surface area (Å²) in [4.78, 5) is 0.409. The largest absolute Gasteiger partial charge is 0.389 e. The second-order valence-corrected chi connectivity index (χ2v) is 5.40. The van der Waals surface area contributed by atoms with Crippen molar-refractivity contribution in [2.24, 2.45) is 5.73 Å². The van der Waals surface area contributed by atoms with Crippen LogP contribution in [0.2, 0.25) is 0 Å². The molecule has 0 aliphatic carbocycles. The Labute approximate surface area is 115 Å². The molecule has 0 radical (unpaired) electrons. The van der Waals surface area contributed by atoms with E-state index in [-0.39, 0.29) is 5.60 Å². The molecular formula is C14H22N2OS. The van der Waals surface area contributed by atoms with Gasteiger partial charge < -0.3 is 15.8 Å². The summed E-state index contributed by atoms with van der Waals surface area (Å²) in [6, 6.07) is 6.01. The number of benzene rings is 1. The molecule has 0 spiro atoms. The molecule has 1 rings (SSSR count). The molecule has 0 bridgehead atoms. The number of hydrogen-bond acceptors (Lipinski definition) is 3. The van der Waals surface area contributed by atoms with Crippen molar-refractivity contribution in [3.05, 3.63) is 29.3 Å². The van der Waals surface area contributed by atoms with Crippen LogP contribution >= 0.6 is 12.2 Å². The van der Waals surface area contributed by atoms with E-state index in [1.54, 1.807) is 0 Å². The molecule has 3 nitrogen and oxygen atoms in total. The van der Waals surface area contributed by atoms with Crippen LogP contribution in [-0.2, 0) is 4.74 Å². The molecule has 1 aromatic carbocycles. The zero-order valence-corrected chi connectivity index (χ0v) is 12.4. The van der Waals surface area contributed by atoms with Gasteiger partial charge in [0.25, 0.3) is 0 Å². The number of rotatable bonds is 6. The van der Waals surface area contributed by atoms with E-state index in [9.17, 15) is 0 Å². The number of anilines is 1. The third kappa shape index (κ3) is 4.27. The quantitative estimate of drug-likeness (QED) is 0.777. The lowest BCUT2D eigenvalue weighted by Crippen LogP contribution is -2.33. The summed E-state index contributed by atoms with van der Waals surface area (Å²) in [6.45, 7) is 9.56. The Hall–Kier alpha value is -1.13. The molecule has 0 saturated carbocycles. The van der Waals surface area contributed by atoms with E-state index in [1.165, 1.54) is 5.56 Å². The van der Waals surface area contributed by atoms with Gasteiger partial charge in [-0.3, -0.25) is 0 Å². The lowest BCUT2D eigenvalue weighted by atomic mass is 10.1. The van der Waals surface area contributed by atoms with Gasteiger partial charge in [0.15, 0.2) is 0 Å². The van der Waals surface area contributed by atoms with Crippen molar-refractivity contribution < 1.29 is 4.74 Å². The van der Waals surface area contributed by atoms with Gasteiger partial charge in [-0.2, -0.15) is 0 Å². The van der Waals surface area contributed by atoms with Crippen LogP contribution < -0.4 is 11.1 Å². The minimum Gasteiger partial charge on any atom is -0.389 e. The van der Waals surface area contributed by atoms with Crippen LogP contribution in [0.5, 0.6) is 0 Å². The number of nitrogens with two attached hydrogens (primary N) is 1. The van der Waals surface area contributed by atoms with Crippen LogP contribution in [0.3, 0.4) is 0 Å². The van der Waals surface area contributed by atoms with E-state index in [0.29, 0.717) is 18.1 Å². The van der Waals surface area contributed by atoms with Crippen molar-refractivity contribution >= 4 is 22.9 Å². The molecule has 0 fully saturated rings. The normalized spacial score (nSPS) is 11.3. The zero-order valence-electron chi connectivity index (χ0n) is 11.5. The predicted molar refractivity (Wildman–Crippen MR) is 81.3 cm³/mol. The van der Waals surface area contributed by atoms with E-state index in [2.05, 4.69) is 25.2 Å². The Kier molecular flexibility index (Phi) is 5.11. The molecule has 0 saturated heterocycles. The Morgan fingerprint density at radius 2 is 2.11 bits per heavy atom. The second kappa shape index (κ2) is 6.16. The third-order valence-corrected chi connectivity index (χ3v) is 2.90. The molecule has 4 heteroatoms. The number of hydrogen-bond donors (Lipinski definition) is 2. The van der Waals surface area contributed by atoms with Crippen molar-refractivity contribution in [1.82, 2.24) is 0 Å². The molecule has 0 atom stereocenters. The number of aryl methyl sites for hydroxylation is 1. The van der Waals surface area contributed by atoms with Crippen LogP contribution in [0.15, 0.2) is 18.2 Å². The Morgan fingerprint density at radius 3 is 2.67 bits per heavy atom. The number of ether oxygens (including phenoxy) is 1. The van der Waals surface area contributed by atoms with Crippen LogP contribution in [0.25, 0.3) is 0 Å². The molecule has 0 aliphatic rings. The molecule has 100 valence electrons. The first-order valence-corrected chi connectivity index (χ1v) is 6.55. The van der Waals surface area contributed by atoms with Crippen molar-refractivity contribution in [2.45, 2.75) is 33.3 Å². The zero-order chi connectivity index (χ0) is 13.8. The fourth-order valence-electron chi connectivity index (χ4n) is 1.77. The molecule has 0 amide bonds. The highest BCUT2D eigenvalue weighted by atomic mass is 32.1. The highest BCUT2D eigenvalue weighted by Crippen LogP contribution is 2.19. The van der Waals surface area contributed by atoms with Crippen molar-refractivity contribution in [1.29, 1.82) is 0 Å². The van der Waals surface area contributed by atoms with E-state index in [1.807, 2.05) is 26.0 Å². The lowest BCUT2D eigenvalue weighted by Gasteiger charge is -2.26. The lowest BCUT2D eigenvalue weighted by molar-refractivity contribution is 0.000696. The van der Waals surface area contributed by atoms with Gasteiger partial charge in [-0.25, -0.2) is 0 Å². The highest BCUT2D eigenvalue weighted by molar-refractivity contribution is 7.80. The molecule has 0 unspecified atom stereocenters. The van der Waals surface area contributed by atoms with E-state index in [0.717, 1.165) is 11.3 Å². The average Bonchev–Trinajstić information content (AvgIpc) is 2.26. The number of thiocarbonyl (C=S) groups is 1. The van der Waals surface area contributed by atoms with E-state index in [4.69, 9.17) is 22.7 Å². The van der Waals surface area contributed by atoms with Gasteiger partial charge in [-0.1, -0.05) is 18.3 Å². The monoisotopic (exact) mass is 266 g/mol. The fraction of sp³-hybridized carbons (Fsp3) is 0.500. The van der Waals surface area contributed by atoms with Crippen LogP contribution in [0, 0.1) is 6.92 Å². The number of nitrogens with one attached hydrogen (secondary N) is 1. The standard InChI is InChI=1S/C14H22N2OS/c1-5-17-14(3,4)9-16-12-8-10(2)6-7-11(12)13(15)18/h6-8,16H,5,9H2,1-4H3,(H2,15,18). The molecular weight excluding hydrogens is 244 g/mol. The average molecular weight is 266 g/mol. The minimum absolute atomic E-state index is 0.216. The summed E-state index contributed by atoms with van der Waals surface area (Å²) in [5.41, 5.74) is 8.52. The van der Waals surface area contributed by atoms with Gasteiger partial charge in [0, 0.05) is 24.4 Å². The van der Waals surface area contributed by atoms with Gasteiger partial charge in [-0.05, 0) is 45.4 Å². The predicted octanol–water partition coefficient (Wildman–Crippen LogP) is 2.86. The molecule has 0 heterocycles. The second-order valence-electron chi connectivity index (χ2n) is 4.96. The summed E-state index contributed by atoms with van der Waals surface area (Å²) in [7, 11) is 0. The summed E-state index contributed by atoms with van der Waals surface area (Å²) >= 11 is 5.06. The van der Waals surface area contributed by atoms with Gasteiger partial charge >= 0.3 is 0 Å². The van der Waals surface area contributed by atoms with Gasteiger partial charge in [0.1, 0.15) is 4.99 Å². The molecule has 0 aromatic heterocycles. The maximum atomic E-state index is 5.72. The van der Waals surface area contributed by atoms with Crippen molar-refractivity contribution in [2.75, 3.05) is 18.5 Å². The maximum Gasteiger partial charge on any atom is 0.106 e. The summed E-state index contributed by atoms with van der Waals surface area (Å²) < 4.78 is 5.66. The van der Waals surface area contributed by atoms with E-state index < -0.39 is 0 Å². The first-order valence-electron chi connectivity index (χ1n) is 6.14. The summed E-state index contributed by atoms with van der Waals surface area (Å²) in [5, 5.41) is 3.37. The van der Waals surface area contributed by atoms with Crippen molar-refractivity contribution in [3.63, 3.8) is 0 Å². The van der Waals surface area contributed by atoms with Gasteiger partial charge in [0.05, 0.1) is 5.60 Å². The molecule has 18 heavy (non-hydrogen) atoms. The Balaban J connectivity index is 2.83. The van der Waals surface area contributed by atoms with Gasteiger partial charge in [-0.15, -0.1) is 0 Å². The first kappa shape index (κ1) is 14.9. The summed E-state index contributed by atoms with van der Waals surface area (Å²) in [5.74, 6) is 0. The Bertz CT molecular complexity index is 430. The maximum absolute atomic E-state index is 5.72. The van der Waals surface area contributed by atoms with E-state index >= 15 is 0 Å². The topological polar surface area (TPSA) is 47.3 Å². The fourth-order valence-corrected chi connectivity index (χ4v) is 1.95.